The molecule has 6 heteroatoms. The van der Waals surface area contributed by atoms with Gasteiger partial charge in [-0.15, -0.1) is 0 Å². The Hall–Kier alpha value is -3.80. The number of rotatable bonds is 4. The molecule has 1 aliphatic carbocycles. The molecule has 2 heterocycles. The van der Waals surface area contributed by atoms with E-state index < -0.39 is 17.7 Å². The summed E-state index contributed by atoms with van der Waals surface area (Å²) in [4.78, 5) is 27.7. The third-order valence-electron chi connectivity index (χ3n) is 6.22. The van der Waals surface area contributed by atoms with Crippen LogP contribution in [-0.2, 0) is 22.4 Å². The second-order valence-electron chi connectivity index (χ2n) is 8.05. The molecule has 0 spiro atoms. The van der Waals surface area contributed by atoms with E-state index in [1.807, 2.05) is 18.2 Å². The Kier molecular flexibility index (Phi) is 5.05. The van der Waals surface area contributed by atoms with Crippen LogP contribution < -0.4 is 9.64 Å². The van der Waals surface area contributed by atoms with Crippen molar-refractivity contribution < 1.29 is 23.8 Å². The minimum Gasteiger partial charge on any atom is -0.507 e. The number of furan rings is 1. The topological polar surface area (TPSA) is 80.0 Å². The Labute approximate surface area is 185 Å². The molecular weight excluding hydrogens is 406 g/mol. The number of nitrogens with zero attached hydrogens (tertiary/aromatic N) is 1. The SMILES string of the molecule is COc1ccccc1N1C(=O)C(=O)/C(=C(\O)c2ccc3c(c2)CCCC3)C1c1ccco1. The van der Waals surface area contributed by atoms with Crippen LogP contribution in [0.2, 0.25) is 0 Å². The van der Waals surface area contributed by atoms with E-state index in [0.717, 1.165) is 25.7 Å². The fourth-order valence-corrected chi connectivity index (χ4v) is 4.66. The molecule has 0 radical (unpaired) electrons. The number of amides is 1. The van der Waals surface area contributed by atoms with Crippen LogP contribution in [-0.4, -0.2) is 23.9 Å². The van der Waals surface area contributed by atoms with Crippen LogP contribution in [0, 0.1) is 0 Å². The highest BCUT2D eigenvalue weighted by atomic mass is 16.5. The van der Waals surface area contributed by atoms with Crippen molar-refractivity contribution in [2.45, 2.75) is 31.7 Å². The molecule has 1 fully saturated rings. The fraction of sp³-hybridized carbons (Fsp3) is 0.231. The van der Waals surface area contributed by atoms with Crippen LogP contribution in [0.5, 0.6) is 5.75 Å². The maximum atomic E-state index is 13.2. The Morgan fingerprint density at radius 2 is 1.81 bits per heavy atom. The second kappa shape index (κ2) is 8.04. The maximum absolute atomic E-state index is 13.2. The lowest BCUT2D eigenvalue weighted by Crippen LogP contribution is -2.29. The zero-order chi connectivity index (χ0) is 22.2. The number of aliphatic hydroxyl groups excluding tert-OH is 1. The van der Waals surface area contributed by atoms with Gasteiger partial charge < -0.3 is 14.3 Å². The van der Waals surface area contributed by atoms with Gasteiger partial charge in [0, 0.05) is 5.56 Å². The Morgan fingerprint density at radius 1 is 1.03 bits per heavy atom. The van der Waals surface area contributed by atoms with E-state index in [1.54, 1.807) is 36.4 Å². The number of ketones is 1. The molecular formula is C26H23NO5. The van der Waals surface area contributed by atoms with Gasteiger partial charge in [-0.1, -0.05) is 24.3 Å². The van der Waals surface area contributed by atoms with E-state index in [4.69, 9.17) is 9.15 Å². The largest absolute Gasteiger partial charge is 0.507 e. The maximum Gasteiger partial charge on any atom is 0.300 e. The first-order chi connectivity index (χ1) is 15.6. The number of aliphatic hydroxyl groups is 1. The molecule has 5 rings (SSSR count). The lowest BCUT2D eigenvalue weighted by molar-refractivity contribution is -0.132. The summed E-state index contributed by atoms with van der Waals surface area (Å²) in [5, 5.41) is 11.3. The van der Waals surface area contributed by atoms with Crippen molar-refractivity contribution in [1.82, 2.24) is 0 Å². The number of para-hydroxylation sites is 2. The molecule has 1 saturated heterocycles. The number of Topliss-reactive ketones (excluding diaryl/α,β-unsaturated/α-hetero) is 1. The van der Waals surface area contributed by atoms with Crippen molar-refractivity contribution >= 4 is 23.1 Å². The third-order valence-corrected chi connectivity index (χ3v) is 6.22. The van der Waals surface area contributed by atoms with Crippen molar-refractivity contribution in [3.05, 3.63) is 88.9 Å². The summed E-state index contributed by atoms with van der Waals surface area (Å²) < 4.78 is 11.0. The van der Waals surface area contributed by atoms with Crippen molar-refractivity contribution in [2.75, 3.05) is 12.0 Å². The minimum atomic E-state index is -0.905. The number of carbonyl (C=O) groups excluding carboxylic acids is 2. The van der Waals surface area contributed by atoms with Gasteiger partial charge in [0.15, 0.2) is 0 Å². The molecule has 1 atom stereocenters. The summed E-state index contributed by atoms with van der Waals surface area (Å²) in [6.07, 6.45) is 5.69. The molecule has 1 aromatic heterocycles. The molecule has 1 amide bonds. The number of hydrogen-bond acceptors (Lipinski definition) is 5. The van der Waals surface area contributed by atoms with Crippen molar-refractivity contribution in [2.24, 2.45) is 0 Å². The molecule has 2 aliphatic rings. The first-order valence-corrected chi connectivity index (χ1v) is 10.7. The third kappa shape index (κ3) is 3.19. The van der Waals surface area contributed by atoms with E-state index in [1.165, 1.54) is 29.4 Å². The zero-order valence-electron chi connectivity index (χ0n) is 17.7. The monoisotopic (exact) mass is 429 g/mol. The summed E-state index contributed by atoms with van der Waals surface area (Å²) in [5.74, 6) is -0.868. The Morgan fingerprint density at radius 3 is 2.56 bits per heavy atom. The summed E-state index contributed by atoms with van der Waals surface area (Å²) in [7, 11) is 1.50. The Balaban J connectivity index is 1.69. The molecule has 1 aliphatic heterocycles. The first-order valence-electron chi connectivity index (χ1n) is 10.7. The number of carbonyl (C=O) groups is 2. The first kappa shape index (κ1) is 20.1. The average Bonchev–Trinajstić information content (AvgIpc) is 3.45. The van der Waals surface area contributed by atoms with E-state index in [0.29, 0.717) is 22.8 Å². The van der Waals surface area contributed by atoms with Gasteiger partial charge in [0.05, 0.1) is 24.6 Å². The van der Waals surface area contributed by atoms with Gasteiger partial charge in [0.1, 0.15) is 23.3 Å². The van der Waals surface area contributed by atoms with E-state index in [9.17, 15) is 14.7 Å². The van der Waals surface area contributed by atoms with E-state index >= 15 is 0 Å². The highest BCUT2D eigenvalue weighted by Gasteiger charge is 2.49. The predicted octanol–water partition coefficient (Wildman–Crippen LogP) is 4.79. The molecule has 0 bridgehead atoms. The smallest absolute Gasteiger partial charge is 0.300 e. The van der Waals surface area contributed by atoms with Crippen molar-refractivity contribution in [3.8, 4) is 5.75 Å². The number of methoxy groups -OCH3 is 1. The second-order valence-corrected chi connectivity index (χ2v) is 8.05. The molecule has 1 N–H and O–H groups in total. The summed E-state index contributed by atoms with van der Waals surface area (Å²) >= 11 is 0. The number of fused-ring (bicyclic) bond motifs is 1. The molecule has 1 unspecified atom stereocenters. The van der Waals surface area contributed by atoms with Crippen LogP contribution >= 0.6 is 0 Å². The van der Waals surface area contributed by atoms with E-state index in [-0.39, 0.29) is 11.3 Å². The summed E-state index contributed by atoms with van der Waals surface area (Å²) in [6, 6.07) is 15.2. The van der Waals surface area contributed by atoms with Crippen molar-refractivity contribution in [3.63, 3.8) is 0 Å². The molecule has 2 aromatic carbocycles. The van der Waals surface area contributed by atoms with Gasteiger partial charge in [0.25, 0.3) is 11.7 Å². The number of hydrogen-bond donors (Lipinski definition) is 1. The van der Waals surface area contributed by atoms with Crippen LogP contribution in [0.1, 0.15) is 41.3 Å². The number of anilines is 1. The van der Waals surface area contributed by atoms with Crippen LogP contribution in [0.4, 0.5) is 5.69 Å². The van der Waals surface area contributed by atoms with Crippen molar-refractivity contribution in [1.29, 1.82) is 0 Å². The van der Waals surface area contributed by atoms with E-state index in [2.05, 4.69) is 0 Å². The molecule has 32 heavy (non-hydrogen) atoms. The lowest BCUT2D eigenvalue weighted by Gasteiger charge is -2.25. The summed E-state index contributed by atoms with van der Waals surface area (Å²) in [5.41, 5.74) is 3.41. The van der Waals surface area contributed by atoms with Crippen LogP contribution in [0.25, 0.3) is 5.76 Å². The fourth-order valence-electron chi connectivity index (χ4n) is 4.66. The predicted molar refractivity (Wildman–Crippen MR) is 120 cm³/mol. The molecule has 0 saturated carbocycles. The highest BCUT2D eigenvalue weighted by molar-refractivity contribution is 6.51. The van der Waals surface area contributed by atoms with Crippen LogP contribution in [0.3, 0.4) is 0 Å². The van der Waals surface area contributed by atoms with Gasteiger partial charge in [0.2, 0.25) is 0 Å². The van der Waals surface area contributed by atoms with Crippen LogP contribution in [0.15, 0.2) is 70.9 Å². The lowest BCUT2D eigenvalue weighted by atomic mass is 9.89. The highest BCUT2D eigenvalue weighted by Crippen LogP contribution is 2.45. The normalized spacial score (nSPS) is 19.8. The van der Waals surface area contributed by atoms with Gasteiger partial charge in [-0.05, 0) is 67.1 Å². The molecule has 6 nitrogen and oxygen atoms in total. The number of ether oxygens (including phenoxy) is 1. The average molecular weight is 429 g/mol. The Bertz CT molecular complexity index is 1220. The van der Waals surface area contributed by atoms with Gasteiger partial charge in [-0.25, -0.2) is 0 Å². The molecule has 3 aromatic rings. The van der Waals surface area contributed by atoms with Gasteiger partial charge in [-0.2, -0.15) is 0 Å². The number of benzene rings is 2. The number of aryl methyl sites for hydroxylation is 2. The molecule has 162 valence electrons. The summed E-state index contributed by atoms with van der Waals surface area (Å²) in [6.45, 7) is 0. The quantitative estimate of drug-likeness (QED) is 0.366. The standard InChI is InChI=1S/C26H23NO5/c1-31-20-10-5-4-9-19(20)27-23(21-11-6-14-32-21)22(25(29)26(27)30)24(28)18-13-12-16-7-2-3-8-17(16)15-18/h4-6,9-15,23,28H,2-3,7-8H2,1H3/b24-22-. The van der Waals surface area contributed by atoms with Gasteiger partial charge in [-0.3, -0.25) is 14.5 Å². The minimum absolute atomic E-state index is 0.00613. The zero-order valence-corrected chi connectivity index (χ0v) is 17.7. The van der Waals surface area contributed by atoms with Gasteiger partial charge >= 0.3 is 0 Å².